The van der Waals surface area contributed by atoms with Crippen molar-refractivity contribution in [2.45, 2.75) is 31.8 Å². The molecule has 0 radical (unpaired) electrons. The summed E-state index contributed by atoms with van der Waals surface area (Å²) in [5, 5.41) is 10.6. The number of nitrogen functional groups attached to an aromatic ring is 1. The molecule has 8 nitrogen and oxygen atoms in total. The van der Waals surface area contributed by atoms with Gasteiger partial charge in [0.25, 0.3) is 0 Å². The van der Waals surface area contributed by atoms with Crippen LogP contribution in [-0.2, 0) is 6.42 Å². The number of nitrogens with zero attached hydrogens (tertiary/aromatic N) is 4. The monoisotopic (exact) mass is 427 g/mol. The number of anilines is 2. The summed E-state index contributed by atoms with van der Waals surface area (Å²) in [6.07, 6.45) is 10.1. The van der Waals surface area contributed by atoms with E-state index < -0.39 is 0 Å². The Balaban J connectivity index is 1.44. The molecule has 3 aliphatic rings. The molecule has 162 valence electrons. The zero-order valence-electron chi connectivity index (χ0n) is 17.9. The highest BCUT2D eigenvalue weighted by Gasteiger charge is 2.37. The Morgan fingerprint density at radius 3 is 2.94 bits per heavy atom. The van der Waals surface area contributed by atoms with Crippen molar-refractivity contribution < 1.29 is 4.79 Å². The number of piperidine rings is 1. The number of benzene rings is 1. The van der Waals surface area contributed by atoms with Crippen molar-refractivity contribution in [2.24, 2.45) is 0 Å². The Hall–Kier alpha value is -3.81. The normalized spacial score (nSPS) is 22.1. The molecule has 2 fully saturated rings. The maximum Gasteiger partial charge on any atom is 0.315 e. The van der Waals surface area contributed by atoms with Gasteiger partial charge < -0.3 is 21.3 Å². The lowest BCUT2D eigenvalue weighted by atomic mass is 10.0. The smallest absolute Gasteiger partial charge is 0.315 e. The van der Waals surface area contributed by atoms with E-state index in [1.807, 2.05) is 13.1 Å². The second-order valence-electron chi connectivity index (χ2n) is 8.71. The van der Waals surface area contributed by atoms with Crippen LogP contribution in [0, 0.1) is 6.92 Å². The Kier molecular flexibility index (Phi) is 4.21. The van der Waals surface area contributed by atoms with E-state index >= 15 is 0 Å². The third-order valence-corrected chi connectivity index (χ3v) is 6.76. The second kappa shape index (κ2) is 7.12. The second-order valence-corrected chi connectivity index (χ2v) is 8.71. The standard InChI is InChI=1S/C24H25N7O/c1-14-21(25)31-23(29-22(14)30-10-9-19-20(13-30)28-24(32)27-19)18(12-26-31)17-8-4-7-15-5-2-3-6-16(15)11-17/h2-6,8,11-12,19-20H,7,9-10,13,25H2,1H3,(H2,27,28,32). The molecular weight excluding hydrogens is 402 g/mol. The van der Waals surface area contributed by atoms with Crippen molar-refractivity contribution in [3.05, 3.63) is 64.9 Å². The van der Waals surface area contributed by atoms with Gasteiger partial charge in [0.1, 0.15) is 11.6 Å². The number of fused-ring (bicyclic) bond motifs is 3. The Morgan fingerprint density at radius 2 is 2.03 bits per heavy atom. The molecule has 4 N–H and O–H groups in total. The number of urea groups is 1. The molecule has 2 saturated heterocycles. The van der Waals surface area contributed by atoms with Crippen molar-refractivity contribution in [3.8, 4) is 0 Å². The number of hydrogen-bond donors (Lipinski definition) is 3. The van der Waals surface area contributed by atoms with Crippen molar-refractivity contribution in [3.63, 3.8) is 0 Å². The largest absolute Gasteiger partial charge is 0.383 e. The van der Waals surface area contributed by atoms with Crippen LogP contribution in [0.15, 0.2) is 42.6 Å². The van der Waals surface area contributed by atoms with E-state index in [2.05, 4.69) is 63.1 Å². The minimum absolute atomic E-state index is 0.0725. The zero-order chi connectivity index (χ0) is 21.8. The number of rotatable bonds is 2. The highest BCUT2D eigenvalue weighted by molar-refractivity contribution is 5.93. The van der Waals surface area contributed by atoms with Crippen LogP contribution in [0.2, 0.25) is 0 Å². The van der Waals surface area contributed by atoms with Crippen molar-refractivity contribution in [1.29, 1.82) is 0 Å². The lowest BCUT2D eigenvalue weighted by molar-refractivity contribution is 0.247. The van der Waals surface area contributed by atoms with Gasteiger partial charge in [-0.2, -0.15) is 9.61 Å². The summed E-state index contributed by atoms with van der Waals surface area (Å²) in [5.41, 5.74) is 12.7. The summed E-state index contributed by atoms with van der Waals surface area (Å²) < 4.78 is 1.73. The van der Waals surface area contributed by atoms with Gasteiger partial charge in [0.05, 0.1) is 18.3 Å². The van der Waals surface area contributed by atoms with Gasteiger partial charge in [-0.25, -0.2) is 9.78 Å². The van der Waals surface area contributed by atoms with E-state index in [1.165, 1.54) is 11.1 Å². The maximum absolute atomic E-state index is 11.7. The van der Waals surface area contributed by atoms with Gasteiger partial charge in [-0.05, 0) is 42.5 Å². The first-order chi connectivity index (χ1) is 15.6. The van der Waals surface area contributed by atoms with Gasteiger partial charge in [-0.1, -0.05) is 36.4 Å². The summed E-state index contributed by atoms with van der Waals surface area (Å²) in [5.74, 6) is 1.44. The number of amides is 2. The lowest BCUT2D eigenvalue weighted by Gasteiger charge is -2.35. The van der Waals surface area contributed by atoms with E-state index in [0.29, 0.717) is 12.4 Å². The summed E-state index contributed by atoms with van der Waals surface area (Å²) in [4.78, 5) is 19.0. The zero-order valence-corrected chi connectivity index (χ0v) is 17.9. The van der Waals surface area contributed by atoms with Crippen molar-refractivity contribution >= 4 is 35.0 Å². The quantitative estimate of drug-likeness (QED) is 0.584. The predicted molar refractivity (Wildman–Crippen MR) is 125 cm³/mol. The van der Waals surface area contributed by atoms with Crippen LogP contribution in [0.4, 0.5) is 16.4 Å². The first-order valence-corrected chi connectivity index (χ1v) is 11.0. The average molecular weight is 428 g/mol. The van der Waals surface area contributed by atoms with Crippen LogP contribution < -0.4 is 21.3 Å². The number of carbonyl (C=O) groups is 1. The first-order valence-electron chi connectivity index (χ1n) is 11.0. The number of aromatic nitrogens is 3. The van der Waals surface area contributed by atoms with Gasteiger partial charge in [0, 0.05) is 24.2 Å². The fourth-order valence-electron chi connectivity index (χ4n) is 4.99. The molecule has 8 heteroatoms. The van der Waals surface area contributed by atoms with E-state index in [9.17, 15) is 4.79 Å². The molecule has 4 heterocycles. The minimum atomic E-state index is -0.0908. The highest BCUT2D eigenvalue weighted by Crippen LogP contribution is 2.32. The van der Waals surface area contributed by atoms with Crippen molar-refractivity contribution in [1.82, 2.24) is 25.2 Å². The Morgan fingerprint density at radius 1 is 1.19 bits per heavy atom. The molecule has 2 atom stereocenters. The molecular formula is C24H25N7O. The number of nitrogens with one attached hydrogen (secondary N) is 2. The van der Waals surface area contributed by atoms with E-state index in [4.69, 9.17) is 10.7 Å². The first kappa shape index (κ1) is 18.9. The van der Waals surface area contributed by atoms with E-state index in [1.54, 1.807) is 4.52 Å². The molecule has 1 aromatic carbocycles. The Labute approximate surface area is 185 Å². The summed E-state index contributed by atoms with van der Waals surface area (Å²) >= 11 is 0. The maximum atomic E-state index is 11.7. The van der Waals surface area contributed by atoms with Crippen LogP contribution in [0.5, 0.6) is 0 Å². The molecule has 2 aliphatic heterocycles. The van der Waals surface area contributed by atoms with Gasteiger partial charge in [0.15, 0.2) is 5.65 Å². The van der Waals surface area contributed by atoms with E-state index in [0.717, 1.165) is 47.6 Å². The van der Waals surface area contributed by atoms with Gasteiger partial charge >= 0.3 is 6.03 Å². The molecule has 2 aromatic heterocycles. The molecule has 2 amide bonds. The molecule has 0 spiro atoms. The third-order valence-electron chi connectivity index (χ3n) is 6.76. The molecule has 0 bridgehead atoms. The molecule has 32 heavy (non-hydrogen) atoms. The highest BCUT2D eigenvalue weighted by atomic mass is 16.2. The summed E-state index contributed by atoms with van der Waals surface area (Å²) in [7, 11) is 0. The number of nitrogens with two attached hydrogens (primary N) is 1. The SMILES string of the molecule is Cc1c(N2CCC3NC(=O)NC3C2)nc2c(C3=Cc4ccccc4CC=C3)cnn2c1N. The number of hydrogen-bond acceptors (Lipinski definition) is 5. The van der Waals surface area contributed by atoms with Crippen LogP contribution in [-0.4, -0.2) is 45.8 Å². The fraction of sp³-hybridized carbons (Fsp3) is 0.292. The number of carbonyl (C=O) groups excluding carboxylic acids is 1. The molecule has 1 aliphatic carbocycles. The molecule has 2 unspecified atom stereocenters. The third kappa shape index (κ3) is 2.94. The van der Waals surface area contributed by atoms with Crippen LogP contribution in [0.3, 0.4) is 0 Å². The molecule has 0 saturated carbocycles. The Bertz CT molecular complexity index is 1310. The fourth-order valence-corrected chi connectivity index (χ4v) is 4.99. The lowest BCUT2D eigenvalue weighted by Crippen LogP contribution is -2.51. The van der Waals surface area contributed by atoms with Crippen molar-refractivity contribution in [2.75, 3.05) is 23.7 Å². The van der Waals surface area contributed by atoms with E-state index in [-0.39, 0.29) is 18.1 Å². The van der Waals surface area contributed by atoms with Crippen LogP contribution in [0.1, 0.15) is 28.7 Å². The van der Waals surface area contributed by atoms with Crippen LogP contribution >= 0.6 is 0 Å². The molecule has 3 aromatic rings. The number of allylic oxidation sites excluding steroid dienone is 3. The van der Waals surface area contributed by atoms with Gasteiger partial charge in [-0.15, -0.1) is 0 Å². The van der Waals surface area contributed by atoms with Crippen LogP contribution in [0.25, 0.3) is 17.3 Å². The average Bonchev–Trinajstić information content (AvgIpc) is 3.31. The minimum Gasteiger partial charge on any atom is -0.383 e. The van der Waals surface area contributed by atoms with Gasteiger partial charge in [-0.3, -0.25) is 0 Å². The summed E-state index contributed by atoms with van der Waals surface area (Å²) in [6, 6.07) is 8.59. The topological polar surface area (TPSA) is 101 Å². The molecule has 6 rings (SSSR count). The summed E-state index contributed by atoms with van der Waals surface area (Å²) in [6.45, 7) is 3.50. The predicted octanol–water partition coefficient (Wildman–Crippen LogP) is 2.53. The van der Waals surface area contributed by atoms with Gasteiger partial charge in [0.2, 0.25) is 0 Å².